The third-order valence-electron chi connectivity index (χ3n) is 1.86. The topological polar surface area (TPSA) is 59.3 Å². The Morgan fingerprint density at radius 2 is 2.35 bits per heavy atom. The number of rotatable bonds is 4. The molecule has 17 heavy (non-hydrogen) atoms. The van der Waals surface area contributed by atoms with Gasteiger partial charge in [-0.25, -0.2) is 4.79 Å². The lowest BCUT2D eigenvalue weighted by molar-refractivity contribution is -0.134. The van der Waals surface area contributed by atoms with Crippen molar-refractivity contribution >= 4 is 21.9 Å². The van der Waals surface area contributed by atoms with Crippen LogP contribution < -0.4 is 4.74 Å². The molecule has 0 spiro atoms. The molecule has 0 amide bonds. The van der Waals surface area contributed by atoms with E-state index >= 15 is 0 Å². The first-order valence-electron chi connectivity index (χ1n) is 4.74. The monoisotopic (exact) mass is 295 g/mol. The number of esters is 1. The number of hydrogen-bond donors (Lipinski definition) is 0. The Morgan fingerprint density at radius 3 is 3.00 bits per heavy atom. The maximum Gasteiger partial charge on any atom is 0.330 e. The van der Waals surface area contributed by atoms with Gasteiger partial charge in [0.2, 0.25) is 0 Å². The molecule has 0 fully saturated rings. The SMILES string of the molecule is COC(=O)/C=C/COc1ccc(Br)c(C#N)c1. The Hall–Kier alpha value is -1.80. The van der Waals surface area contributed by atoms with Crippen LogP contribution in [0.4, 0.5) is 0 Å². The number of benzene rings is 1. The van der Waals surface area contributed by atoms with Gasteiger partial charge in [0.15, 0.2) is 0 Å². The van der Waals surface area contributed by atoms with Gasteiger partial charge in [0.25, 0.3) is 0 Å². The number of methoxy groups -OCH3 is 1. The van der Waals surface area contributed by atoms with Crippen LogP contribution in [0.3, 0.4) is 0 Å². The zero-order chi connectivity index (χ0) is 12.7. The summed E-state index contributed by atoms with van der Waals surface area (Å²) in [6.45, 7) is 0.238. The normalized spacial score (nSPS) is 9.94. The van der Waals surface area contributed by atoms with Gasteiger partial charge in [-0.1, -0.05) is 0 Å². The zero-order valence-electron chi connectivity index (χ0n) is 9.14. The van der Waals surface area contributed by atoms with Crippen molar-refractivity contribution in [1.29, 1.82) is 5.26 Å². The Labute approximate surface area is 108 Å². The Balaban J connectivity index is 2.56. The summed E-state index contributed by atoms with van der Waals surface area (Å²) < 4.78 is 10.5. The summed E-state index contributed by atoms with van der Waals surface area (Å²) in [5.41, 5.74) is 0.499. The second-order valence-corrected chi connectivity index (χ2v) is 3.84. The molecule has 1 rings (SSSR count). The van der Waals surface area contributed by atoms with Crippen molar-refractivity contribution in [3.05, 3.63) is 40.4 Å². The molecule has 0 aliphatic carbocycles. The van der Waals surface area contributed by atoms with Gasteiger partial charge in [0.1, 0.15) is 18.4 Å². The van der Waals surface area contributed by atoms with Gasteiger partial charge in [-0.05, 0) is 40.2 Å². The average Bonchev–Trinajstić information content (AvgIpc) is 2.36. The predicted octanol–water partition coefficient (Wildman–Crippen LogP) is 2.43. The van der Waals surface area contributed by atoms with E-state index in [0.29, 0.717) is 11.3 Å². The van der Waals surface area contributed by atoms with E-state index in [2.05, 4.69) is 20.7 Å². The highest BCUT2D eigenvalue weighted by Crippen LogP contribution is 2.21. The molecule has 0 saturated carbocycles. The minimum absolute atomic E-state index is 0.238. The fourth-order valence-electron chi connectivity index (χ4n) is 1.04. The van der Waals surface area contributed by atoms with E-state index in [-0.39, 0.29) is 6.61 Å². The number of ether oxygens (including phenoxy) is 2. The number of nitriles is 1. The summed E-state index contributed by atoms with van der Waals surface area (Å²) in [5, 5.41) is 8.81. The highest BCUT2D eigenvalue weighted by molar-refractivity contribution is 9.10. The molecule has 1 aromatic carbocycles. The van der Waals surface area contributed by atoms with Crippen LogP contribution in [0, 0.1) is 11.3 Å². The highest BCUT2D eigenvalue weighted by Gasteiger charge is 2.00. The second-order valence-electron chi connectivity index (χ2n) is 2.99. The molecule has 0 unspecified atom stereocenters. The minimum atomic E-state index is -0.429. The molecule has 4 nitrogen and oxygen atoms in total. The third kappa shape index (κ3) is 4.29. The molecular formula is C12H10BrNO3. The summed E-state index contributed by atoms with van der Waals surface area (Å²) in [5.74, 6) is 0.140. The summed E-state index contributed by atoms with van der Waals surface area (Å²) in [4.78, 5) is 10.8. The van der Waals surface area contributed by atoms with Crippen LogP contribution in [-0.2, 0) is 9.53 Å². The summed E-state index contributed by atoms with van der Waals surface area (Å²) in [6, 6.07) is 7.12. The fraction of sp³-hybridized carbons (Fsp3) is 0.167. The van der Waals surface area contributed by atoms with Crippen LogP contribution in [0.2, 0.25) is 0 Å². The van der Waals surface area contributed by atoms with Crippen LogP contribution in [-0.4, -0.2) is 19.7 Å². The lowest BCUT2D eigenvalue weighted by atomic mass is 10.2. The van der Waals surface area contributed by atoms with Crippen LogP contribution in [0.1, 0.15) is 5.56 Å². The minimum Gasteiger partial charge on any atom is -0.489 e. The van der Waals surface area contributed by atoms with Gasteiger partial charge >= 0.3 is 5.97 Å². The van der Waals surface area contributed by atoms with Crippen molar-refractivity contribution in [3.8, 4) is 11.8 Å². The van der Waals surface area contributed by atoms with Gasteiger partial charge in [0, 0.05) is 10.5 Å². The van der Waals surface area contributed by atoms with Crippen molar-refractivity contribution in [2.75, 3.05) is 13.7 Å². The van der Waals surface area contributed by atoms with Crippen molar-refractivity contribution in [2.24, 2.45) is 0 Å². The number of halogens is 1. The standard InChI is InChI=1S/C12H10BrNO3/c1-16-12(15)3-2-6-17-10-4-5-11(13)9(7-10)8-14/h2-5,7H,6H2,1H3/b3-2+. The summed E-state index contributed by atoms with van der Waals surface area (Å²) in [7, 11) is 1.31. The molecule has 0 heterocycles. The summed E-state index contributed by atoms with van der Waals surface area (Å²) in [6.07, 6.45) is 2.82. The van der Waals surface area contributed by atoms with Crippen molar-refractivity contribution < 1.29 is 14.3 Å². The van der Waals surface area contributed by atoms with Gasteiger partial charge < -0.3 is 9.47 Å². The van der Waals surface area contributed by atoms with Crippen LogP contribution in [0.25, 0.3) is 0 Å². The molecule has 0 radical (unpaired) electrons. The maximum absolute atomic E-state index is 10.8. The maximum atomic E-state index is 10.8. The number of hydrogen-bond acceptors (Lipinski definition) is 4. The molecule has 0 saturated heterocycles. The van der Waals surface area contributed by atoms with Crippen LogP contribution in [0.5, 0.6) is 5.75 Å². The van der Waals surface area contributed by atoms with Crippen molar-refractivity contribution in [1.82, 2.24) is 0 Å². The van der Waals surface area contributed by atoms with E-state index in [1.807, 2.05) is 6.07 Å². The first-order valence-corrected chi connectivity index (χ1v) is 5.53. The van der Waals surface area contributed by atoms with Gasteiger partial charge in [-0.2, -0.15) is 5.26 Å². The predicted molar refractivity (Wildman–Crippen MR) is 65.5 cm³/mol. The number of nitrogens with zero attached hydrogens (tertiary/aromatic N) is 1. The summed E-state index contributed by atoms with van der Waals surface area (Å²) >= 11 is 3.25. The van der Waals surface area contributed by atoms with E-state index in [4.69, 9.17) is 10.00 Å². The Morgan fingerprint density at radius 1 is 1.59 bits per heavy atom. The van der Waals surface area contributed by atoms with E-state index in [0.717, 1.165) is 4.47 Å². The van der Waals surface area contributed by atoms with Crippen LogP contribution >= 0.6 is 15.9 Å². The molecule has 0 aliphatic heterocycles. The first-order chi connectivity index (χ1) is 8.17. The van der Waals surface area contributed by atoms with E-state index < -0.39 is 5.97 Å². The first kappa shape index (κ1) is 13.3. The van der Waals surface area contributed by atoms with Crippen LogP contribution in [0.15, 0.2) is 34.8 Å². The Bertz CT molecular complexity index is 477. The molecule has 0 N–H and O–H groups in total. The van der Waals surface area contributed by atoms with Gasteiger partial charge in [0.05, 0.1) is 12.7 Å². The van der Waals surface area contributed by atoms with Gasteiger partial charge in [-0.15, -0.1) is 0 Å². The van der Waals surface area contributed by atoms with E-state index in [1.165, 1.54) is 13.2 Å². The quantitative estimate of drug-likeness (QED) is 0.632. The molecule has 0 aromatic heterocycles. The molecular weight excluding hydrogens is 286 g/mol. The largest absolute Gasteiger partial charge is 0.489 e. The lowest BCUT2D eigenvalue weighted by Gasteiger charge is -2.03. The average molecular weight is 296 g/mol. The third-order valence-corrected chi connectivity index (χ3v) is 2.55. The molecule has 0 aliphatic rings. The molecule has 5 heteroatoms. The zero-order valence-corrected chi connectivity index (χ0v) is 10.7. The second kappa shape index (κ2) is 6.71. The smallest absolute Gasteiger partial charge is 0.330 e. The highest BCUT2D eigenvalue weighted by atomic mass is 79.9. The fourth-order valence-corrected chi connectivity index (χ4v) is 1.37. The van der Waals surface area contributed by atoms with E-state index in [9.17, 15) is 4.79 Å². The van der Waals surface area contributed by atoms with E-state index in [1.54, 1.807) is 24.3 Å². The number of carbonyl (C=O) groups excluding carboxylic acids is 1. The lowest BCUT2D eigenvalue weighted by Crippen LogP contribution is -1.98. The molecule has 88 valence electrons. The van der Waals surface area contributed by atoms with Crippen molar-refractivity contribution in [2.45, 2.75) is 0 Å². The van der Waals surface area contributed by atoms with Crippen molar-refractivity contribution in [3.63, 3.8) is 0 Å². The van der Waals surface area contributed by atoms with Gasteiger partial charge in [-0.3, -0.25) is 0 Å². The number of carbonyl (C=O) groups is 1. The molecule has 0 atom stereocenters. The molecule has 1 aromatic rings. The Kier molecular flexibility index (Phi) is 5.24. The molecule has 0 bridgehead atoms.